The van der Waals surface area contributed by atoms with Crippen LogP contribution in [0.15, 0.2) is 42.6 Å². The van der Waals surface area contributed by atoms with Crippen LogP contribution in [0.5, 0.6) is 11.5 Å². The van der Waals surface area contributed by atoms with E-state index >= 15 is 0 Å². The molecule has 2 rings (SSSR count). The predicted octanol–water partition coefficient (Wildman–Crippen LogP) is 2.86. The lowest BCUT2D eigenvalue weighted by Crippen LogP contribution is -2.30. The fourth-order valence-electron chi connectivity index (χ4n) is 2.26. The van der Waals surface area contributed by atoms with E-state index in [-0.39, 0.29) is 5.75 Å². The Kier molecular flexibility index (Phi) is 5.17. The number of ether oxygens (including phenoxy) is 1. The minimum atomic E-state index is 0.219. The number of aromatic nitrogens is 1. The molecule has 1 heterocycles. The van der Waals surface area contributed by atoms with E-state index < -0.39 is 0 Å². The minimum Gasteiger partial charge on any atom is -0.504 e. The van der Waals surface area contributed by atoms with E-state index in [0.717, 1.165) is 17.7 Å². The predicted molar refractivity (Wildman–Crippen MR) is 83.5 cm³/mol. The Hall–Kier alpha value is -2.07. The summed E-state index contributed by atoms with van der Waals surface area (Å²) in [6.07, 6.45) is 2.69. The number of hydrogen-bond donors (Lipinski definition) is 1. The molecule has 2 aromatic rings. The summed E-state index contributed by atoms with van der Waals surface area (Å²) in [4.78, 5) is 6.55. The molecule has 0 aliphatic heterocycles. The first-order chi connectivity index (χ1) is 10.1. The molecule has 4 heteroatoms. The van der Waals surface area contributed by atoms with Gasteiger partial charge in [-0.1, -0.05) is 18.2 Å². The lowest BCUT2D eigenvalue weighted by molar-refractivity contribution is 0.242. The SMILES string of the molecule is COc1cccc(CN(C)C(C)Cc2ccccn2)c1O. The van der Waals surface area contributed by atoms with Crippen LogP contribution in [0.3, 0.4) is 0 Å². The Morgan fingerprint density at radius 2 is 2.05 bits per heavy atom. The topological polar surface area (TPSA) is 45.6 Å². The van der Waals surface area contributed by atoms with Crippen molar-refractivity contribution in [2.75, 3.05) is 14.2 Å². The average Bonchev–Trinajstić information content (AvgIpc) is 2.50. The highest BCUT2D eigenvalue weighted by Crippen LogP contribution is 2.30. The van der Waals surface area contributed by atoms with Crippen molar-refractivity contribution in [3.05, 3.63) is 53.9 Å². The maximum atomic E-state index is 10.1. The maximum absolute atomic E-state index is 10.1. The Labute approximate surface area is 126 Å². The number of para-hydroxylation sites is 1. The summed E-state index contributed by atoms with van der Waals surface area (Å²) in [6, 6.07) is 11.9. The van der Waals surface area contributed by atoms with Gasteiger partial charge in [-0.2, -0.15) is 0 Å². The van der Waals surface area contributed by atoms with Gasteiger partial charge in [0.15, 0.2) is 11.5 Å². The molecule has 0 fully saturated rings. The van der Waals surface area contributed by atoms with Crippen molar-refractivity contribution in [1.82, 2.24) is 9.88 Å². The standard InChI is InChI=1S/C17H22N2O2/c1-13(11-15-8-4-5-10-18-15)19(2)12-14-7-6-9-16(21-3)17(14)20/h4-10,13,20H,11-12H2,1-3H3. The second-order valence-corrected chi connectivity index (χ2v) is 5.26. The molecule has 1 aromatic carbocycles. The molecule has 1 atom stereocenters. The van der Waals surface area contributed by atoms with Gasteiger partial charge in [0, 0.05) is 36.5 Å². The van der Waals surface area contributed by atoms with Crippen molar-refractivity contribution in [1.29, 1.82) is 0 Å². The smallest absolute Gasteiger partial charge is 0.162 e. The van der Waals surface area contributed by atoms with Crippen molar-refractivity contribution < 1.29 is 9.84 Å². The number of nitrogens with zero attached hydrogens (tertiary/aromatic N) is 2. The molecule has 112 valence electrons. The zero-order valence-corrected chi connectivity index (χ0v) is 12.8. The summed E-state index contributed by atoms with van der Waals surface area (Å²) in [6.45, 7) is 2.82. The van der Waals surface area contributed by atoms with Crippen LogP contribution in [0.1, 0.15) is 18.2 Å². The fraction of sp³-hybridized carbons (Fsp3) is 0.353. The number of hydrogen-bond acceptors (Lipinski definition) is 4. The number of methoxy groups -OCH3 is 1. The fourth-order valence-corrected chi connectivity index (χ4v) is 2.26. The normalized spacial score (nSPS) is 12.4. The van der Waals surface area contributed by atoms with Crippen molar-refractivity contribution in [2.45, 2.75) is 25.9 Å². The van der Waals surface area contributed by atoms with Gasteiger partial charge in [0.05, 0.1) is 7.11 Å². The summed E-state index contributed by atoms with van der Waals surface area (Å²) in [7, 11) is 3.61. The molecule has 1 aromatic heterocycles. The van der Waals surface area contributed by atoms with Crippen LogP contribution >= 0.6 is 0 Å². The first kappa shape index (κ1) is 15.3. The quantitative estimate of drug-likeness (QED) is 0.887. The molecule has 0 saturated carbocycles. The van der Waals surface area contributed by atoms with E-state index in [2.05, 4.69) is 16.8 Å². The van der Waals surface area contributed by atoms with Crippen LogP contribution in [-0.4, -0.2) is 35.2 Å². The molecular formula is C17H22N2O2. The van der Waals surface area contributed by atoms with Crippen LogP contribution in [-0.2, 0) is 13.0 Å². The van der Waals surface area contributed by atoms with E-state index in [0.29, 0.717) is 18.3 Å². The Morgan fingerprint density at radius 1 is 1.24 bits per heavy atom. The van der Waals surface area contributed by atoms with Gasteiger partial charge < -0.3 is 9.84 Å². The number of aromatic hydroxyl groups is 1. The third kappa shape index (κ3) is 3.95. The van der Waals surface area contributed by atoms with E-state index in [9.17, 15) is 5.11 Å². The molecule has 0 amide bonds. The van der Waals surface area contributed by atoms with Gasteiger partial charge in [-0.15, -0.1) is 0 Å². The molecule has 1 unspecified atom stereocenters. The van der Waals surface area contributed by atoms with E-state index in [1.165, 1.54) is 0 Å². The van der Waals surface area contributed by atoms with Crippen LogP contribution in [0, 0.1) is 0 Å². The van der Waals surface area contributed by atoms with Gasteiger partial charge in [-0.3, -0.25) is 9.88 Å². The summed E-state index contributed by atoms with van der Waals surface area (Å²) in [5.41, 5.74) is 1.94. The third-order valence-electron chi connectivity index (χ3n) is 3.71. The number of pyridine rings is 1. The molecule has 1 N–H and O–H groups in total. The van der Waals surface area contributed by atoms with Crippen LogP contribution in [0.25, 0.3) is 0 Å². The average molecular weight is 286 g/mol. The summed E-state index contributed by atoms with van der Waals surface area (Å²) in [5, 5.41) is 10.1. The van der Waals surface area contributed by atoms with Gasteiger partial charge in [0.2, 0.25) is 0 Å². The van der Waals surface area contributed by atoms with Crippen molar-refractivity contribution in [3.63, 3.8) is 0 Å². The minimum absolute atomic E-state index is 0.219. The molecule has 0 bridgehead atoms. The third-order valence-corrected chi connectivity index (χ3v) is 3.71. The Bertz CT molecular complexity index is 572. The number of phenols is 1. The number of rotatable bonds is 6. The summed E-state index contributed by atoms with van der Waals surface area (Å²) < 4.78 is 5.14. The lowest BCUT2D eigenvalue weighted by atomic mass is 10.1. The van der Waals surface area contributed by atoms with Gasteiger partial charge in [0.1, 0.15) is 0 Å². The zero-order chi connectivity index (χ0) is 15.2. The van der Waals surface area contributed by atoms with Crippen LogP contribution < -0.4 is 4.74 Å². The molecule has 0 radical (unpaired) electrons. The van der Waals surface area contributed by atoms with Gasteiger partial charge in [0.25, 0.3) is 0 Å². The second kappa shape index (κ2) is 7.09. The first-order valence-corrected chi connectivity index (χ1v) is 7.06. The highest BCUT2D eigenvalue weighted by Gasteiger charge is 2.14. The molecule has 0 aliphatic carbocycles. The van der Waals surface area contributed by atoms with E-state index in [1.54, 1.807) is 13.2 Å². The lowest BCUT2D eigenvalue weighted by Gasteiger charge is -2.25. The van der Waals surface area contributed by atoms with Crippen molar-refractivity contribution in [3.8, 4) is 11.5 Å². The van der Waals surface area contributed by atoms with Gasteiger partial charge in [-0.05, 0) is 32.2 Å². The monoisotopic (exact) mass is 286 g/mol. The molecule has 0 spiro atoms. The van der Waals surface area contributed by atoms with Crippen LogP contribution in [0.2, 0.25) is 0 Å². The largest absolute Gasteiger partial charge is 0.504 e. The Morgan fingerprint density at radius 3 is 2.71 bits per heavy atom. The van der Waals surface area contributed by atoms with Gasteiger partial charge in [-0.25, -0.2) is 0 Å². The summed E-state index contributed by atoms with van der Waals surface area (Å²) >= 11 is 0. The highest BCUT2D eigenvalue weighted by atomic mass is 16.5. The van der Waals surface area contributed by atoms with Gasteiger partial charge >= 0.3 is 0 Å². The highest BCUT2D eigenvalue weighted by molar-refractivity contribution is 5.45. The van der Waals surface area contributed by atoms with E-state index in [1.807, 2.05) is 43.6 Å². The summed E-state index contributed by atoms with van der Waals surface area (Å²) in [5.74, 6) is 0.732. The molecular weight excluding hydrogens is 264 g/mol. The van der Waals surface area contributed by atoms with Crippen LogP contribution in [0.4, 0.5) is 0 Å². The molecule has 0 aliphatic rings. The van der Waals surface area contributed by atoms with Crippen molar-refractivity contribution >= 4 is 0 Å². The maximum Gasteiger partial charge on any atom is 0.162 e. The molecule has 0 saturated heterocycles. The number of likely N-dealkylation sites (N-methyl/N-ethyl adjacent to an activating group) is 1. The molecule has 21 heavy (non-hydrogen) atoms. The number of phenolic OH excluding ortho intramolecular Hbond substituents is 1. The first-order valence-electron chi connectivity index (χ1n) is 7.06. The Balaban J connectivity index is 2.02. The second-order valence-electron chi connectivity index (χ2n) is 5.26. The number of benzene rings is 1. The van der Waals surface area contributed by atoms with Crippen molar-refractivity contribution in [2.24, 2.45) is 0 Å². The van der Waals surface area contributed by atoms with E-state index in [4.69, 9.17) is 4.74 Å². The molecule has 4 nitrogen and oxygen atoms in total. The zero-order valence-electron chi connectivity index (χ0n) is 12.8.